The zero-order chi connectivity index (χ0) is 13.0. The molecule has 4 nitrogen and oxygen atoms in total. The van der Waals surface area contributed by atoms with Crippen LogP contribution in [0, 0.1) is 12.7 Å². The quantitative estimate of drug-likeness (QED) is 0.880. The number of nitrogens with two attached hydrogens (primary N) is 1. The van der Waals surface area contributed by atoms with Crippen LogP contribution in [0.4, 0.5) is 4.39 Å². The molecule has 1 aromatic carbocycles. The number of halogens is 1. The van der Waals surface area contributed by atoms with Crippen LogP contribution in [0.5, 0.6) is 5.75 Å². The fourth-order valence-corrected chi connectivity index (χ4v) is 1.76. The number of aryl methyl sites for hydroxylation is 1. The highest BCUT2D eigenvalue weighted by molar-refractivity contribution is 5.34. The van der Waals surface area contributed by atoms with Gasteiger partial charge in [0.25, 0.3) is 0 Å². The van der Waals surface area contributed by atoms with E-state index >= 15 is 0 Å². The average Bonchev–Trinajstić information content (AvgIpc) is 2.77. The molecule has 0 aliphatic rings. The van der Waals surface area contributed by atoms with Crippen LogP contribution in [-0.4, -0.2) is 16.2 Å². The second-order valence-electron chi connectivity index (χ2n) is 3.95. The van der Waals surface area contributed by atoms with Gasteiger partial charge in [0, 0.05) is 24.5 Å². The maximum absolute atomic E-state index is 13.6. The van der Waals surface area contributed by atoms with Crippen molar-refractivity contribution in [1.82, 2.24) is 9.55 Å². The van der Waals surface area contributed by atoms with Gasteiger partial charge in [0.2, 0.25) is 0 Å². The molecule has 0 saturated carbocycles. The summed E-state index contributed by atoms with van der Waals surface area (Å²) in [6, 6.07) is 4.77. The summed E-state index contributed by atoms with van der Waals surface area (Å²) in [5.41, 5.74) is 6.23. The molecule has 0 bridgehead atoms. The number of para-hydroxylation sites is 1. The normalized spacial score (nSPS) is 10.6. The Morgan fingerprint density at radius 1 is 1.44 bits per heavy atom. The Kier molecular flexibility index (Phi) is 3.94. The molecule has 2 aromatic rings. The smallest absolute Gasteiger partial charge is 0.165 e. The summed E-state index contributed by atoms with van der Waals surface area (Å²) in [7, 11) is 0. The molecule has 0 radical (unpaired) electrons. The first kappa shape index (κ1) is 12.6. The Balaban J connectivity index is 2.00. The number of hydrogen-bond acceptors (Lipinski definition) is 3. The molecule has 1 aromatic heterocycles. The van der Waals surface area contributed by atoms with Gasteiger partial charge in [-0.1, -0.05) is 12.1 Å². The van der Waals surface area contributed by atoms with Crippen LogP contribution in [0.15, 0.2) is 30.6 Å². The molecule has 0 aliphatic carbocycles. The molecule has 2 rings (SSSR count). The lowest BCUT2D eigenvalue weighted by atomic mass is 10.2. The number of hydrogen-bond donors (Lipinski definition) is 1. The number of rotatable bonds is 5. The van der Waals surface area contributed by atoms with E-state index in [0.717, 1.165) is 5.82 Å². The summed E-state index contributed by atoms with van der Waals surface area (Å²) in [6.07, 6.45) is 3.59. The molecule has 2 N–H and O–H groups in total. The van der Waals surface area contributed by atoms with Crippen molar-refractivity contribution < 1.29 is 9.13 Å². The summed E-state index contributed by atoms with van der Waals surface area (Å²) >= 11 is 0. The van der Waals surface area contributed by atoms with E-state index in [1.165, 1.54) is 6.07 Å². The molecule has 0 spiro atoms. The van der Waals surface area contributed by atoms with Crippen molar-refractivity contribution >= 4 is 0 Å². The third-order valence-corrected chi connectivity index (χ3v) is 2.77. The van der Waals surface area contributed by atoms with E-state index in [4.69, 9.17) is 10.5 Å². The number of imidazole rings is 1. The van der Waals surface area contributed by atoms with Gasteiger partial charge in [-0.3, -0.25) is 0 Å². The molecule has 1 heterocycles. The van der Waals surface area contributed by atoms with Gasteiger partial charge in [0.1, 0.15) is 12.4 Å². The second-order valence-corrected chi connectivity index (χ2v) is 3.95. The molecular weight excluding hydrogens is 233 g/mol. The molecule has 0 amide bonds. The molecule has 18 heavy (non-hydrogen) atoms. The van der Waals surface area contributed by atoms with E-state index in [0.29, 0.717) is 18.7 Å². The number of benzene rings is 1. The third-order valence-electron chi connectivity index (χ3n) is 2.77. The lowest BCUT2D eigenvalue weighted by molar-refractivity contribution is 0.280. The fourth-order valence-electron chi connectivity index (χ4n) is 1.76. The highest BCUT2D eigenvalue weighted by Crippen LogP contribution is 2.22. The van der Waals surface area contributed by atoms with Crippen molar-refractivity contribution in [3.05, 3.63) is 47.8 Å². The Bertz CT molecular complexity index is 525. The molecule has 96 valence electrons. The van der Waals surface area contributed by atoms with Gasteiger partial charge < -0.3 is 15.0 Å². The minimum absolute atomic E-state index is 0.248. The first-order valence-electron chi connectivity index (χ1n) is 5.80. The standard InChI is InChI=1S/C13H16FN3O/c1-10-16-5-6-17(10)7-8-18-13-11(9-15)3-2-4-12(13)14/h2-6H,7-9,15H2,1H3. The fraction of sp³-hybridized carbons (Fsp3) is 0.308. The summed E-state index contributed by atoms with van der Waals surface area (Å²) in [6.45, 7) is 3.18. The topological polar surface area (TPSA) is 53.1 Å². The van der Waals surface area contributed by atoms with Crippen LogP contribution in [-0.2, 0) is 13.1 Å². The Labute approximate surface area is 105 Å². The molecule has 0 aliphatic heterocycles. The van der Waals surface area contributed by atoms with E-state index < -0.39 is 0 Å². The van der Waals surface area contributed by atoms with Gasteiger partial charge in [0.05, 0.1) is 6.54 Å². The second kappa shape index (κ2) is 5.64. The van der Waals surface area contributed by atoms with Gasteiger partial charge in [0.15, 0.2) is 11.6 Å². The molecule has 0 fully saturated rings. The molecular formula is C13H16FN3O. The van der Waals surface area contributed by atoms with Crippen LogP contribution in [0.25, 0.3) is 0 Å². The van der Waals surface area contributed by atoms with Crippen molar-refractivity contribution in [3.63, 3.8) is 0 Å². The lowest BCUT2D eigenvalue weighted by Crippen LogP contribution is -2.11. The zero-order valence-corrected chi connectivity index (χ0v) is 10.3. The zero-order valence-electron chi connectivity index (χ0n) is 10.3. The van der Waals surface area contributed by atoms with Crippen LogP contribution in [0.2, 0.25) is 0 Å². The monoisotopic (exact) mass is 249 g/mol. The highest BCUT2D eigenvalue weighted by atomic mass is 19.1. The summed E-state index contributed by atoms with van der Waals surface area (Å²) in [5.74, 6) is 0.782. The third kappa shape index (κ3) is 2.68. The predicted molar refractivity (Wildman–Crippen MR) is 66.8 cm³/mol. The summed E-state index contributed by atoms with van der Waals surface area (Å²) < 4.78 is 21.0. The van der Waals surface area contributed by atoms with Crippen LogP contribution in [0.1, 0.15) is 11.4 Å². The van der Waals surface area contributed by atoms with Gasteiger partial charge >= 0.3 is 0 Å². The Morgan fingerprint density at radius 3 is 2.94 bits per heavy atom. The molecule has 0 saturated heterocycles. The lowest BCUT2D eigenvalue weighted by Gasteiger charge is -2.12. The first-order valence-corrected chi connectivity index (χ1v) is 5.80. The number of nitrogens with zero attached hydrogens (tertiary/aromatic N) is 2. The predicted octanol–water partition coefficient (Wildman–Crippen LogP) is 1.87. The van der Waals surface area contributed by atoms with Crippen molar-refractivity contribution in [2.45, 2.75) is 20.0 Å². The van der Waals surface area contributed by atoms with Crippen molar-refractivity contribution in [1.29, 1.82) is 0 Å². The van der Waals surface area contributed by atoms with Crippen LogP contribution >= 0.6 is 0 Å². The summed E-state index contributed by atoms with van der Waals surface area (Å²) in [5, 5.41) is 0. The van der Waals surface area contributed by atoms with Crippen LogP contribution in [0.3, 0.4) is 0 Å². The SMILES string of the molecule is Cc1nccn1CCOc1c(F)cccc1CN. The van der Waals surface area contributed by atoms with Gasteiger partial charge in [-0.25, -0.2) is 9.37 Å². The van der Waals surface area contributed by atoms with Crippen LogP contribution < -0.4 is 10.5 Å². The number of aromatic nitrogens is 2. The van der Waals surface area contributed by atoms with Gasteiger partial charge in [-0.15, -0.1) is 0 Å². The van der Waals surface area contributed by atoms with E-state index in [1.807, 2.05) is 17.7 Å². The van der Waals surface area contributed by atoms with E-state index in [-0.39, 0.29) is 18.1 Å². The molecule has 0 unspecified atom stereocenters. The van der Waals surface area contributed by atoms with Gasteiger partial charge in [-0.2, -0.15) is 0 Å². The Hall–Kier alpha value is -1.88. The van der Waals surface area contributed by atoms with Gasteiger partial charge in [-0.05, 0) is 13.0 Å². The molecule has 0 atom stereocenters. The Morgan fingerprint density at radius 2 is 2.28 bits per heavy atom. The highest BCUT2D eigenvalue weighted by Gasteiger charge is 2.08. The number of ether oxygens (including phenoxy) is 1. The molecule has 5 heteroatoms. The first-order chi connectivity index (χ1) is 8.72. The van der Waals surface area contributed by atoms with E-state index in [9.17, 15) is 4.39 Å². The van der Waals surface area contributed by atoms with Crippen molar-refractivity contribution in [3.8, 4) is 5.75 Å². The largest absolute Gasteiger partial charge is 0.488 e. The van der Waals surface area contributed by atoms with E-state index in [2.05, 4.69) is 4.98 Å². The maximum atomic E-state index is 13.6. The minimum atomic E-state index is -0.375. The minimum Gasteiger partial charge on any atom is -0.488 e. The average molecular weight is 249 g/mol. The summed E-state index contributed by atoms with van der Waals surface area (Å²) in [4.78, 5) is 4.11. The van der Waals surface area contributed by atoms with E-state index in [1.54, 1.807) is 18.3 Å². The van der Waals surface area contributed by atoms with Crippen molar-refractivity contribution in [2.75, 3.05) is 6.61 Å². The maximum Gasteiger partial charge on any atom is 0.165 e. The van der Waals surface area contributed by atoms with Crippen molar-refractivity contribution in [2.24, 2.45) is 5.73 Å².